The van der Waals surface area contributed by atoms with E-state index in [-0.39, 0.29) is 23.9 Å². The second kappa shape index (κ2) is 6.34. The molecule has 0 aliphatic heterocycles. The third-order valence-corrected chi connectivity index (χ3v) is 3.34. The van der Waals surface area contributed by atoms with Crippen molar-refractivity contribution >= 4 is 17.6 Å². The first-order chi connectivity index (χ1) is 10.0. The van der Waals surface area contributed by atoms with E-state index in [0.717, 1.165) is 12.8 Å². The van der Waals surface area contributed by atoms with Gasteiger partial charge in [-0.15, -0.1) is 0 Å². The van der Waals surface area contributed by atoms with Crippen LogP contribution in [0.3, 0.4) is 0 Å². The number of ether oxygens (including phenoxy) is 1. The topological polar surface area (TPSA) is 98.5 Å². The quantitative estimate of drug-likeness (QED) is 0.482. The highest BCUT2D eigenvalue weighted by atomic mass is 16.6. The zero-order valence-corrected chi connectivity index (χ0v) is 11.6. The van der Waals surface area contributed by atoms with Gasteiger partial charge < -0.3 is 10.1 Å². The van der Waals surface area contributed by atoms with Crippen molar-refractivity contribution in [1.82, 2.24) is 5.32 Å². The molecule has 2 rings (SSSR count). The molecular weight excluding hydrogens is 276 g/mol. The Morgan fingerprint density at radius 1 is 1.38 bits per heavy atom. The van der Waals surface area contributed by atoms with Crippen LogP contribution in [-0.4, -0.2) is 30.0 Å². The van der Waals surface area contributed by atoms with E-state index in [1.54, 1.807) is 12.1 Å². The monoisotopic (exact) mass is 292 g/mol. The molecule has 1 saturated carbocycles. The zero-order chi connectivity index (χ0) is 15.4. The SMILES string of the molecule is COC(=O)[C@@H](Cc1ccc([N+](=O)[O-])cc1)NC(=O)C1CC1. The lowest BCUT2D eigenvalue weighted by atomic mass is 10.1. The first-order valence-corrected chi connectivity index (χ1v) is 6.63. The average molecular weight is 292 g/mol. The normalized spacial score (nSPS) is 15.1. The summed E-state index contributed by atoms with van der Waals surface area (Å²) >= 11 is 0. The summed E-state index contributed by atoms with van der Waals surface area (Å²) in [5.41, 5.74) is 0.697. The van der Waals surface area contributed by atoms with Gasteiger partial charge in [-0.25, -0.2) is 4.79 Å². The van der Waals surface area contributed by atoms with Gasteiger partial charge in [0.05, 0.1) is 12.0 Å². The molecule has 0 heterocycles. The lowest BCUT2D eigenvalue weighted by molar-refractivity contribution is -0.384. The number of carbonyl (C=O) groups is 2. The van der Waals surface area contributed by atoms with Gasteiger partial charge in [-0.05, 0) is 18.4 Å². The molecule has 112 valence electrons. The van der Waals surface area contributed by atoms with Crippen molar-refractivity contribution in [2.75, 3.05) is 7.11 Å². The minimum atomic E-state index is -0.774. The molecule has 1 aromatic rings. The van der Waals surface area contributed by atoms with Gasteiger partial charge in [0.25, 0.3) is 5.69 Å². The Bertz CT molecular complexity index is 551. The fraction of sp³-hybridized carbons (Fsp3) is 0.429. The van der Waals surface area contributed by atoms with E-state index in [0.29, 0.717) is 5.56 Å². The number of rotatable bonds is 6. The number of nitro benzene ring substituents is 1. The van der Waals surface area contributed by atoms with Crippen molar-refractivity contribution in [2.24, 2.45) is 5.92 Å². The molecule has 1 N–H and O–H groups in total. The summed E-state index contributed by atoms with van der Waals surface area (Å²) in [4.78, 5) is 33.6. The molecule has 0 saturated heterocycles. The van der Waals surface area contributed by atoms with Crippen LogP contribution < -0.4 is 5.32 Å². The van der Waals surface area contributed by atoms with Gasteiger partial charge in [0.15, 0.2) is 0 Å². The molecule has 0 aromatic heterocycles. The lowest BCUT2D eigenvalue weighted by Gasteiger charge is -2.16. The van der Waals surface area contributed by atoms with E-state index in [4.69, 9.17) is 0 Å². The van der Waals surface area contributed by atoms with E-state index in [1.807, 2.05) is 0 Å². The highest BCUT2D eigenvalue weighted by Gasteiger charge is 2.33. The summed E-state index contributed by atoms with van der Waals surface area (Å²) in [6.07, 6.45) is 1.93. The van der Waals surface area contributed by atoms with Gasteiger partial charge in [0.2, 0.25) is 5.91 Å². The number of nitrogens with zero attached hydrogens (tertiary/aromatic N) is 1. The molecule has 1 aromatic carbocycles. The minimum absolute atomic E-state index is 0.00554. The van der Waals surface area contributed by atoms with Crippen molar-refractivity contribution in [3.63, 3.8) is 0 Å². The van der Waals surface area contributed by atoms with Crippen LogP contribution in [0.5, 0.6) is 0 Å². The summed E-state index contributed by atoms with van der Waals surface area (Å²) < 4.78 is 4.69. The number of nitrogens with one attached hydrogen (secondary N) is 1. The minimum Gasteiger partial charge on any atom is -0.467 e. The highest BCUT2D eigenvalue weighted by molar-refractivity contribution is 5.87. The Labute approximate surface area is 121 Å². The fourth-order valence-electron chi connectivity index (χ4n) is 1.96. The molecular formula is C14H16N2O5. The van der Waals surface area contributed by atoms with Gasteiger partial charge in [-0.2, -0.15) is 0 Å². The Balaban J connectivity index is 2.04. The van der Waals surface area contributed by atoms with E-state index in [2.05, 4.69) is 10.1 Å². The number of esters is 1. The Kier molecular flexibility index (Phi) is 4.52. The van der Waals surface area contributed by atoms with Gasteiger partial charge in [0, 0.05) is 24.5 Å². The lowest BCUT2D eigenvalue weighted by Crippen LogP contribution is -2.43. The molecule has 1 amide bonds. The number of benzene rings is 1. The smallest absolute Gasteiger partial charge is 0.328 e. The summed E-state index contributed by atoms with van der Waals surface area (Å²) in [6, 6.07) is 5.09. The fourth-order valence-corrected chi connectivity index (χ4v) is 1.96. The van der Waals surface area contributed by atoms with Crippen molar-refractivity contribution < 1.29 is 19.2 Å². The summed E-state index contributed by atoms with van der Waals surface area (Å²) in [5, 5.41) is 13.3. The number of methoxy groups -OCH3 is 1. The molecule has 0 spiro atoms. The number of hydrogen-bond donors (Lipinski definition) is 1. The van der Waals surface area contributed by atoms with Crippen LogP contribution in [0, 0.1) is 16.0 Å². The number of hydrogen-bond acceptors (Lipinski definition) is 5. The number of carbonyl (C=O) groups excluding carboxylic acids is 2. The molecule has 0 bridgehead atoms. The van der Waals surface area contributed by atoms with Crippen LogP contribution in [0.25, 0.3) is 0 Å². The Morgan fingerprint density at radius 3 is 2.48 bits per heavy atom. The summed E-state index contributed by atoms with van der Waals surface area (Å²) in [5.74, 6) is -0.677. The highest BCUT2D eigenvalue weighted by Crippen LogP contribution is 2.29. The van der Waals surface area contributed by atoms with Crippen molar-refractivity contribution in [2.45, 2.75) is 25.3 Å². The van der Waals surface area contributed by atoms with Gasteiger partial charge in [-0.1, -0.05) is 12.1 Å². The predicted molar refractivity (Wildman–Crippen MR) is 73.5 cm³/mol. The second-order valence-electron chi connectivity index (χ2n) is 4.99. The van der Waals surface area contributed by atoms with E-state index < -0.39 is 16.9 Å². The maximum atomic E-state index is 11.8. The van der Waals surface area contributed by atoms with Crippen LogP contribution in [0.4, 0.5) is 5.69 Å². The van der Waals surface area contributed by atoms with Gasteiger partial charge in [-0.3, -0.25) is 14.9 Å². The van der Waals surface area contributed by atoms with Gasteiger partial charge in [0.1, 0.15) is 6.04 Å². The second-order valence-corrected chi connectivity index (χ2v) is 4.99. The summed E-state index contributed by atoms with van der Waals surface area (Å²) in [7, 11) is 1.26. The molecule has 1 aliphatic rings. The molecule has 0 radical (unpaired) electrons. The maximum Gasteiger partial charge on any atom is 0.328 e. The predicted octanol–water partition coefficient (Wildman–Crippen LogP) is 1.21. The summed E-state index contributed by atoms with van der Waals surface area (Å²) in [6.45, 7) is 0. The molecule has 1 atom stereocenters. The Hall–Kier alpha value is -2.44. The van der Waals surface area contributed by atoms with E-state index >= 15 is 0 Å². The van der Waals surface area contributed by atoms with Crippen molar-refractivity contribution in [1.29, 1.82) is 0 Å². The third kappa shape index (κ3) is 4.01. The first kappa shape index (κ1) is 15.0. The molecule has 1 fully saturated rings. The maximum absolute atomic E-state index is 11.8. The number of amides is 1. The number of non-ortho nitro benzene ring substituents is 1. The third-order valence-electron chi connectivity index (χ3n) is 3.34. The van der Waals surface area contributed by atoms with E-state index in [1.165, 1.54) is 19.2 Å². The number of nitro groups is 1. The Morgan fingerprint density at radius 2 is 2.00 bits per heavy atom. The average Bonchev–Trinajstić information content (AvgIpc) is 3.30. The zero-order valence-electron chi connectivity index (χ0n) is 11.6. The standard InChI is InChI=1S/C14H16N2O5/c1-21-14(18)12(15-13(17)10-4-5-10)8-9-2-6-11(7-3-9)16(19)20/h2-3,6-7,10,12H,4-5,8H2,1H3,(H,15,17)/t12-/m1/s1. The van der Waals surface area contributed by atoms with Crippen molar-refractivity contribution in [3.05, 3.63) is 39.9 Å². The molecule has 1 aliphatic carbocycles. The van der Waals surface area contributed by atoms with Gasteiger partial charge >= 0.3 is 5.97 Å². The van der Waals surface area contributed by atoms with Crippen LogP contribution in [0.2, 0.25) is 0 Å². The van der Waals surface area contributed by atoms with Crippen LogP contribution in [-0.2, 0) is 20.7 Å². The molecule has 7 nitrogen and oxygen atoms in total. The molecule has 21 heavy (non-hydrogen) atoms. The first-order valence-electron chi connectivity index (χ1n) is 6.63. The molecule has 0 unspecified atom stereocenters. The largest absolute Gasteiger partial charge is 0.467 e. The van der Waals surface area contributed by atoms with Crippen molar-refractivity contribution in [3.8, 4) is 0 Å². The van der Waals surface area contributed by atoms with Crippen LogP contribution in [0.1, 0.15) is 18.4 Å². The molecule has 7 heteroatoms. The van der Waals surface area contributed by atoms with Crippen LogP contribution in [0.15, 0.2) is 24.3 Å². The van der Waals surface area contributed by atoms with Crippen LogP contribution >= 0.6 is 0 Å². The van der Waals surface area contributed by atoms with E-state index in [9.17, 15) is 19.7 Å².